The van der Waals surface area contributed by atoms with Gasteiger partial charge in [-0.1, -0.05) is 0 Å². The van der Waals surface area contributed by atoms with E-state index in [9.17, 15) is 9.90 Å². The van der Waals surface area contributed by atoms with Gasteiger partial charge in [0.1, 0.15) is 11.5 Å². The Morgan fingerprint density at radius 3 is 2.54 bits per heavy atom. The molecule has 0 spiro atoms. The van der Waals surface area contributed by atoms with Crippen LogP contribution < -0.4 is 10.2 Å². The number of hydrogen-bond acceptors (Lipinski definition) is 5. The normalized spacial score (nSPS) is 16.8. The second-order valence-electron chi connectivity index (χ2n) is 6.08. The molecule has 0 saturated carbocycles. The van der Waals surface area contributed by atoms with E-state index < -0.39 is 0 Å². The molecule has 1 aromatic carbocycles. The fourth-order valence-electron chi connectivity index (χ4n) is 2.93. The molecule has 1 fully saturated rings. The molecule has 1 saturated heterocycles. The van der Waals surface area contributed by atoms with E-state index in [-0.39, 0.29) is 17.7 Å². The third-order valence-electron chi connectivity index (χ3n) is 4.30. The molecule has 0 unspecified atom stereocenters. The Morgan fingerprint density at radius 1 is 1.21 bits per heavy atom. The van der Waals surface area contributed by atoms with Gasteiger partial charge in [-0.15, -0.1) is 0 Å². The number of anilines is 1. The Kier molecular flexibility index (Phi) is 5.05. The molecule has 0 aliphatic carbocycles. The number of benzene rings is 1. The molecule has 2 N–H and O–H groups in total. The fraction of sp³-hybridized carbons (Fsp3) is 0.389. The second kappa shape index (κ2) is 7.40. The van der Waals surface area contributed by atoms with Crippen molar-refractivity contribution in [3.8, 4) is 5.75 Å². The van der Waals surface area contributed by atoms with Crippen molar-refractivity contribution in [2.75, 3.05) is 37.6 Å². The average molecular weight is 329 g/mol. The molecule has 1 amide bonds. The quantitative estimate of drug-likeness (QED) is 0.878. The molecule has 6 nitrogen and oxygen atoms in total. The molecule has 1 aliphatic rings. The van der Waals surface area contributed by atoms with Gasteiger partial charge in [0, 0.05) is 31.9 Å². The maximum atomic E-state index is 12.2. The largest absolute Gasteiger partial charge is 0.508 e. The van der Waals surface area contributed by atoms with Crippen LogP contribution in [0.1, 0.15) is 18.7 Å². The highest BCUT2D eigenvalue weighted by Gasteiger charge is 2.20. The van der Waals surface area contributed by atoms with E-state index in [1.165, 1.54) is 0 Å². The van der Waals surface area contributed by atoms with E-state index in [1.807, 2.05) is 31.2 Å². The van der Waals surface area contributed by atoms with Gasteiger partial charge in [0.25, 0.3) is 0 Å². The van der Waals surface area contributed by atoms with E-state index in [2.05, 4.69) is 15.1 Å². The summed E-state index contributed by atoms with van der Waals surface area (Å²) >= 11 is 0. The van der Waals surface area contributed by atoms with Crippen molar-refractivity contribution in [2.24, 2.45) is 0 Å². The molecule has 1 aliphatic heterocycles. The summed E-state index contributed by atoms with van der Waals surface area (Å²) in [4.78, 5) is 16.6. The van der Waals surface area contributed by atoms with Crippen molar-refractivity contribution in [1.29, 1.82) is 0 Å². The van der Waals surface area contributed by atoms with Crippen LogP contribution in [0.2, 0.25) is 0 Å². The maximum Gasteiger partial charge on any atom is 0.234 e. The lowest BCUT2D eigenvalue weighted by atomic mass is 10.2. The first-order chi connectivity index (χ1) is 11.6. The lowest BCUT2D eigenvalue weighted by molar-refractivity contribution is -0.123. The molecule has 3 rings (SSSR count). The van der Waals surface area contributed by atoms with Gasteiger partial charge >= 0.3 is 0 Å². The monoisotopic (exact) mass is 329 g/mol. The first kappa shape index (κ1) is 16.4. The van der Waals surface area contributed by atoms with Gasteiger partial charge < -0.3 is 19.7 Å². The van der Waals surface area contributed by atoms with Gasteiger partial charge in [-0.2, -0.15) is 0 Å². The van der Waals surface area contributed by atoms with Crippen molar-refractivity contribution in [3.63, 3.8) is 0 Å². The van der Waals surface area contributed by atoms with Crippen molar-refractivity contribution < 1.29 is 14.3 Å². The van der Waals surface area contributed by atoms with Crippen molar-refractivity contribution in [3.05, 3.63) is 48.4 Å². The van der Waals surface area contributed by atoms with Gasteiger partial charge in [-0.05, 0) is 43.3 Å². The number of piperazine rings is 1. The number of phenolic OH excluding ortho intramolecular Hbond substituents is 1. The molecular weight excluding hydrogens is 306 g/mol. The Bertz CT molecular complexity index is 647. The minimum Gasteiger partial charge on any atom is -0.508 e. The summed E-state index contributed by atoms with van der Waals surface area (Å²) in [5.41, 5.74) is 1.10. The van der Waals surface area contributed by atoms with E-state index in [4.69, 9.17) is 4.42 Å². The zero-order valence-corrected chi connectivity index (χ0v) is 13.8. The van der Waals surface area contributed by atoms with Crippen molar-refractivity contribution >= 4 is 11.6 Å². The Balaban J connectivity index is 1.45. The lowest BCUT2D eigenvalue weighted by Crippen LogP contribution is -2.49. The molecule has 24 heavy (non-hydrogen) atoms. The number of carbonyl (C=O) groups excluding carboxylic acids is 1. The standard InChI is InChI=1S/C18H23N3O3/c1-14(17-3-2-12-24-17)19-18(23)13-20-8-10-21(11-9-20)15-4-6-16(22)7-5-15/h2-7,12,14,22H,8-11,13H2,1H3,(H,19,23)/t14-/m1/s1. The first-order valence-corrected chi connectivity index (χ1v) is 8.21. The second-order valence-corrected chi connectivity index (χ2v) is 6.08. The highest BCUT2D eigenvalue weighted by Crippen LogP contribution is 2.19. The van der Waals surface area contributed by atoms with Crippen LogP contribution in [0, 0.1) is 0 Å². The summed E-state index contributed by atoms with van der Waals surface area (Å²) in [6.07, 6.45) is 1.61. The van der Waals surface area contributed by atoms with E-state index in [0.29, 0.717) is 6.54 Å². The van der Waals surface area contributed by atoms with Crippen LogP contribution in [-0.2, 0) is 4.79 Å². The fourth-order valence-corrected chi connectivity index (χ4v) is 2.93. The number of phenols is 1. The predicted octanol–water partition coefficient (Wildman–Crippen LogP) is 1.98. The van der Waals surface area contributed by atoms with Crippen LogP contribution in [0.25, 0.3) is 0 Å². The summed E-state index contributed by atoms with van der Waals surface area (Å²) in [5.74, 6) is 1.05. The van der Waals surface area contributed by atoms with Gasteiger partial charge in [0.2, 0.25) is 5.91 Å². The van der Waals surface area contributed by atoms with Crippen LogP contribution in [0.4, 0.5) is 5.69 Å². The topological polar surface area (TPSA) is 69.0 Å². The molecule has 6 heteroatoms. The van der Waals surface area contributed by atoms with Crippen LogP contribution in [0.3, 0.4) is 0 Å². The number of nitrogens with one attached hydrogen (secondary N) is 1. The SMILES string of the molecule is C[C@@H](NC(=O)CN1CCN(c2ccc(O)cc2)CC1)c1ccco1. The number of hydrogen-bond donors (Lipinski definition) is 2. The summed E-state index contributed by atoms with van der Waals surface area (Å²) in [7, 11) is 0. The Morgan fingerprint density at radius 2 is 1.92 bits per heavy atom. The van der Waals surface area contributed by atoms with Crippen LogP contribution in [0.15, 0.2) is 47.1 Å². The Labute approximate surface area is 141 Å². The maximum absolute atomic E-state index is 12.2. The van der Waals surface area contributed by atoms with Gasteiger partial charge in [0.15, 0.2) is 0 Å². The molecule has 128 valence electrons. The van der Waals surface area contributed by atoms with Crippen molar-refractivity contribution in [1.82, 2.24) is 10.2 Å². The van der Waals surface area contributed by atoms with Crippen LogP contribution >= 0.6 is 0 Å². The number of nitrogens with zero attached hydrogens (tertiary/aromatic N) is 2. The number of furan rings is 1. The predicted molar refractivity (Wildman–Crippen MR) is 92.0 cm³/mol. The Hall–Kier alpha value is -2.47. The summed E-state index contributed by atoms with van der Waals surface area (Å²) < 4.78 is 5.30. The molecule has 2 heterocycles. The average Bonchev–Trinajstić information content (AvgIpc) is 3.11. The van der Waals surface area contributed by atoms with Crippen molar-refractivity contribution in [2.45, 2.75) is 13.0 Å². The smallest absolute Gasteiger partial charge is 0.234 e. The molecule has 1 aromatic heterocycles. The lowest BCUT2D eigenvalue weighted by Gasteiger charge is -2.35. The summed E-state index contributed by atoms with van der Waals surface area (Å²) in [6.45, 7) is 5.72. The number of amides is 1. The molecule has 2 aromatic rings. The van der Waals surface area contributed by atoms with Crippen LogP contribution in [0.5, 0.6) is 5.75 Å². The van der Waals surface area contributed by atoms with Gasteiger partial charge in [-0.25, -0.2) is 0 Å². The first-order valence-electron chi connectivity index (χ1n) is 8.21. The third kappa shape index (κ3) is 4.08. The summed E-state index contributed by atoms with van der Waals surface area (Å²) in [6, 6.07) is 10.8. The molecular formula is C18H23N3O3. The zero-order chi connectivity index (χ0) is 16.9. The molecule has 1 atom stereocenters. The number of rotatable bonds is 5. The highest BCUT2D eigenvalue weighted by atomic mass is 16.3. The molecule has 0 bridgehead atoms. The zero-order valence-electron chi connectivity index (χ0n) is 13.8. The third-order valence-corrected chi connectivity index (χ3v) is 4.30. The summed E-state index contributed by atoms with van der Waals surface area (Å²) in [5, 5.41) is 12.3. The number of carbonyl (C=O) groups is 1. The van der Waals surface area contributed by atoms with E-state index in [0.717, 1.165) is 37.6 Å². The van der Waals surface area contributed by atoms with Gasteiger partial charge in [0.05, 0.1) is 18.8 Å². The highest BCUT2D eigenvalue weighted by molar-refractivity contribution is 5.78. The van der Waals surface area contributed by atoms with Crippen LogP contribution in [-0.4, -0.2) is 48.6 Å². The van der Waals surface area contributed by atoms with E-state index >= 15 is 0 Å². The number of aromatic hydroxyl groups is 1. The minimum atomic E-state index is -0.120. The molecule has 0 radical (unpaired) electrons. The van der Waals surface area contributed by atoms with Gasteiger partial charge in [-0.3, -0.25) is 9.69 Å². The minimum absolute atomic E-state index is 0.0111. The van der Waals surface area contributed by atoms with E-state index in [1.54, 1.807) is 18.4 Å².